The van der Waals surface area contributed by atoms with Gasteiger partial charge in [-0.2, -0.15) is 0 Å². The summed E-state index contributed by atoms with van der Waals surface area (Å²) in [6.07, 6.45) is 3.69. The molecule has 1 aromatic rings. The van der Waals surface area contributed by atoms with Crippen molar-refractivity contribution in [1.29, 1.82) is 0 Å². The minimum atomic E-state index is -0.318. The van der Waals surface area contributed by atoms with Crippen molar-refractivity contribution in [2.45, 2.75) is 31.9 Å². The van der Waals surface area contributed by atoms with Crippen molar-refractivity contribution >= 4 is 29.9 Å². The Labute approximate surface area is 141 Å². The fourth-order valence-electron chi connectivity index (χ4n) is 2.18. The van der Waals surface area contributed by atoms with Crippen molar-refractivity contribution in [2.24, 2.45) is 4.99 Å². The van der Waals surface area contributed by atoms with Crippen LogP contribution in [-0.4, -0.2) is 36.7 Å². The largest absolute Gasteiger partial charge is 0.373 e. The first-order valence-electron chi connectivity index (χ1n) is 6.81. The molecule has 0 aliphatic carbocycles. The number of pyridine rings is 1. The second-order valence-electron chi connectivity index (χ2n) is 5.11. The molecule has 5 nitrogen and oxygen atoms in total. The van der Waals surface area contributed by atoms with Gasteiger partial charge in [0, 0.05) is 26.4 Å². The minimum absolute atomic E-state index is 0. The predicted molar refractivity (Wildman–Crippen MR) is 91.4 cm³/mol. The molecule has 2 N–H and O–H groups in total. The standard InChI is InChI=1S/C14H21FN4O.HI/c1-14(6-4-8-20-14)10-19-13(16-2)18-9-12-11(15)5-3-7-17-12;/h3,5,7H,4,6,8-10H2,1-2H3,(H2,16,18,19);1H. The monoisotopic (exact) mass is 408 g/mol. The lowest BCUT2D eigenvalue weighted by molar-refractivity contribution is 0.0243. The van der Waals surface area contributed by atoms with Crippen molar-refractivity contribution in [3.63, 3.8) is 0 Å². The summed E-state index contributed by atoms with van der Waals surface area (Å²) in [5.74, 6) is 0.299. The van der Waals surface area contributed by atoms with Gasteiger partial charge in [0.2, 0.25) is 0 Å². The van der Waals surface area contributed by atoms with Gasteiger partial charge in [0.1, 0.15) is 5.82 Å². The highest BCUT2D eigenvalue weighted by Gasteiger charge is 2.29. The maximum Gasteiger partial charge on any atom is 0.191 e. The lowest BCUT2D eigenvalue weighted by Crippen LogP contribution is -2.45. The summed E-state index contributed by atoms with van der Waals surface area (Å²) in [5, 5.41) is 6.25. The number of aliphatic imine (C=N–C) groups is 1. The second kappa shape index (κ2) is 8.47. The molecule has 7 heteroatoms. The molecule has 1 unspecified atom stereocenters. The van der Waals surface area contributed by atoms with Crippen molar-refractivity contribution in [3.05, 3.63) is 29.8 Å². The number of aromatic nitrogens is 1. The summed E-state index contributed by atoms with van der Waals surface area (Å²) in [7, 11) is 1.68. The van der Waals surface area contributed by atoms with Gasteiger partial charge in [-0.3, -0.25) is 9.98 Å². The SMILES string of the molecule is CN=C(NCc1ncccc1F)NCC1(C)CCCO1.I. The molecule has 1 saturated heterocycles. The molecule has 1 aliphatic heterocycles. The van der Waals surface area contributed by atoms with E-state index in [9.17, 15) is 4.39 Å². The first-order valence-corrected chi connectivity index (χ1v) is 6.81. The van der Waals surface area contributed by atoms with Crippen molar-refractivity contribution in [3.8, 4) is 0 Å². The van der Waals surface area contributed by atoms with Gasteiger partial charge in [-0.15, -0.1) is 24.0 Å². The fourth-order valence-corrected chi connectivity index (χ4v) is 2.18. The number of rotatable bonds is 4. The fraction of sp³-hybridized carbons (Fsp3) is 0.571. The van der Waals surface area contributed by atoms with Gasteiger partial charge < -0.3 is 15.4 Å². The Morgan fingerprint density at radius 2 is 2.33 bits per heavy atom. The summed E-state index contributed by atoms with van der Waals surface area (Å²) in [6.45, 7) is 3.86. The molecule has 2 heterocycles. The normalized spacial score (nSPS) is 21.8. The van der Waals surface area contributed by atoms with E-state index in [4.69, 9.17) is 4.74 Å². The van der Waals surface area contributed by atoms with E-state index in [1.807, 2.05) is 0 Å². The number of nitrogens with one attached hydrogen (secondary N) is 2. The quantitative estimate of drug-likeness (QED) is 0.455. The van der Waals surface area contributed by atoms with E-state index in [0.717, 1.165) is 19.4 Å². The van der Waals surface area contributed by atoms with E-state index in [-0.39, 0.29) is 35.4 Å². The molecular weight excluding hydrogens is 386 g/mol. The summed E-state index contributed by atoms with van der Waals surface area (Å²) in [5.41, 5.74) is 0.229. The highest BCUT2D eigenvalue weighted by atomic mass is 127. The zero-order chi connectivity index (χ0) is 14.4. The van der Waals surface area contributed by atoms with Crippen LogP contribution in [0.15, 0.2) is 23.3 Å². The molecule has 1 aromatic heterocycles. The number of ether oxygens (including phenoxy) is 1. The molecule has 1 atom stereocenters. The second-order valence-corrected chi connectivity index (χ2v) is 5.11. The number of halogens is 2. The third kappa shape index (κ3) is 5.39. The van der Waals surface area contributed by atoms with E-state index in [1.165, 1.54) is 6.07 Å². The topological polar surface area (TPSA) is 58.5 Å². The maximum absolute atomic E-state index is 13.5. The van der Waals surface area contributed by atoms with Crippen LogP contribution in [0.3, 0.4) is 0 Å². The van der Waals surface area contributed by atoms with Gasteiger partial charge in [0.05, 0.1) is 17.8 Å². The number of hydrogen-bond donors (Lipinski definition) is 2. The molecule has 0 amide bonds. The summed E-state index contributed by atoms with van der Waals surface area (Å²) < 4.78 is 19.2. The maximum atomic E-state index is 13.5. The zero-order valence-corrected chi connectivity index (χ0v) is 14.7. The highest BCUT2D eigenvalue weighted by molar-refractivity contribution is 14.0. The molecule has 0 aromatic carbocycles. The van der Waals surface area contributed by atoms with Crippen LogP contribution >= 0.6 is 24.0 Å². The lowest BCUT2D eigenvalue weighted by atomic mass is 10.0. The number of hydrogen-bond acceptors (Lipinski definition) is 3. The summed E-state index contributed by atoms with van der Waals surface area (Å²) in [6, 6.07) is 2.97. The molecule has 2 rings (SSSR count). The van der Waals surface area contributed by atoms with Crippen LogP contribution in [0.5, 0.6) is 0 Å². The van der Waals surface area contributed by atoms with Crippen LogP contribution in [0, 0.1) is 5.82 Å². The molecule has 0 saturated carbocycles. The Hall–Kier alpha value is -0.960. The summed E-state index contributed by atoms with van der Waals surface area (Å²) in [4.78, 5) is 8.10. The van der Waals surface area contributed by atoms with Gasteiger partial charge in [-0.25, -0.2) is 4.39 Å². The van der Waals surface area contributed by atoms with E-state index in [0.29, 0.717) is 24.7 Å². The first-order chi connectivity index (χ1) is 9.63. The van der Waals surface area contributed by atoms with E-state index in [2.05, 4.69) is 27.5 Å². The molecule has 118 valence electrons. The Morgan fingerprint density at radius 1 is 1.52 bits per heavy atom. The van der Waals surface area contributed by atoms with E-state index in [1.54, 1.807) is 19.3 Å². The third-order valence-corrected chi connectivity index (χ3v) is 3.41. The van der Waals surface area contributed by atoms with Crippen molar-refractivity contribution in [2.75, 3.05) is 20.2 Å². The Kier molecular flexibility index (Phi) is 7.30. The average Bonchev–Trinajstić information content (AvgIpc) is 2.88. The molecule has 1 aliphatic rings. The van der Waals surface area contributed by atoms with Crippen LogP contribution in [0.25, 0.3) is 0 Å². The molecular formula is C14H22FIN4O. The van der Waals surface area contributed by atoms with Gasteiger partial charge in [-0.1, -0.05) is 0 Å². The van der Waals surface area contributed by atoms with Crippen molar-refractivity contribution < 1.29 is 9.13 Å². The number of nitrogens with zero attached hydrogens (tertiary/aromatic N) is 2. The molecule has 0 bridgehead atoms. The minimum Gasteiger partial charge on any atom is -0.373 e. The van der Waals surface area contributed by atoms with Crippen LogP contribution in [-0.2, 0) is 11.3 Å². The zero-order valence-electron chi connectivity index (χ0n) is 12.4. The first kappa shape index (κ1) is 18.1. The Balaban J connectivity index is 0.00000220. The van der Waals surface area contributed by atoms with Crippen molar-refractivity contribution in [1.82, 2.24) is 15.6 Å². The van der Waals surface area contributed by atoms with Crippen LogP contribution in [0.2, 0.25) is 0 Å². The molecule has 21 heavy (non-hydrogen) atoms. The molecule has 0 spiro atoms. The third-order valence-electron chi connectivity index (χ3n) is 3.41. The predicted octanol–water partition coefficient (Wildman–Crippen LogP) is 2.07. The van der Waals surface area contributed by atoms with Gasteiger partial charge >= 0.3 is 0 Å². The molecule has 1 fully saturated rings. The van der Waals surface area contributed by atoms with Crippen LogP contribution in [0.4, 0.5) is 4.39 Å². The number of guanidine groups is 1. The average molecular weight is 408 g/mol. The lowest BCUT2D eigenvalue weighted by Gasteiger charge is -2.24. The molecule has 0 radical (unpaired) electrons. The van der Waals surface area contributed by atoms with Gasteiger partial charge in [-0.05, 0) is 31.9 Å². The highest BCUT2D eigenvalue weighted by Crippen LogP contribution is 2.23. The van der Waals surface area contributed by atoms with Gasteiger partial charge in [0.15, 0.2) is 5.96 Å². The van der Waals surface area contributed by atoms with E-state index < -0.39 is 0 Å². The Morgan fingerprint density at radius 3 is 2.95 bits per heavy atom. The summed E-state index contributed by atoms with van der Waals surface area (Å²) >= 11 is 0. The van der Waals surface area contributed by atoms with Gasteiger partial charge in [0.25, 0.3) is 0 Å². The van der Waals surface area contributed by atoms with Crippen LogP contribution < -0.4 is 10.6 Å². The Bertz CT molecular complexity index is 478. The van der Waals surface area contributed by atoms with E-state index >= 15 is 0 Å². The smallest absolute Gasteiger partial charge is 0.191 e. The van der Waals surface area contributed by atoms with Crippen LogP contribution in [0.1, 0.15) is 25.5 Å².